The van der Waals surface area contributed by atoms with Crippen LogP contribution < -0.4 is 4.52 Å². The van der Waals surface area contributed by atoms with Crippen LogP contribution in [-0.2, 0) is 4.52 Å². The normalized spacial score (nSPS) is 10.9. The van der Waals surface area contributed by atoms with Gasteiger partial charge in [-0.15, -0.1) is 0 Å². The van der Waals surface area contributed by atoms with E-state index in [1.54, 1.807) is 0 Å². The molecular formula is C10H15O2P. The highest BCUT2D eigenvalue weighted by Crippen LogP contribution is 2.21. The third-order valence-electron chi connectivity index (χ3n) is 1.55. The zero-order valence-electron chi connectivity index (χ0n) is 8.04. The largest absolute Gasteiger partial charge is 0.450 e. The predicted molar refractivity (Wildman–Crippen MR) is 56.4 cm³/mol. The molecule has 13 heavy (non-hydrogen) atoms. The van der Waals surface area contributed by atoms with Crippen molar-refractivity contribution in [1.82, 2.24) is 0 Å². The minimum Gasteiger partial charge on any atom is -0.450 e. The third-order valence-corrected chi connectivity index (χ3v) is 2.19. The van der Waals surface area contributed by atoms with Crippen LogP contribution in [0.5, 0.6) is 5.75 Å². The van der Waals surface area contributed by atoms with Gasteiger partial charge in [-0.3, -0.25) is 0 Å². The zero-order valence-corrected chi connectivity index (χ0v) is 9.04. The first-order valence-corrected chi connectivity index (χ1v) is 5.25. The topological polar surface area (TPSA) is 18.5 Å². The van der Waals surface area contributed by atoms with E-state index in [0.29, 0.717) is 0 Å². The Morgan fingerprint density at radius 1 is 1.23 bits per heavy atom. The molecule has 0 aromatic heterocycles. The second-order valence-electron chi connectivity index (χ2n) is 2.85. The van der Waals surface area contributed by atoms with E-state index in [9.17, 15) is 0 Å². The fraction of sp³-hybridized carbons (Fsp3) is 0.400. The molecule has 0 heterocycles. The molecule has 1 unspecified atom stereocenters. The molecule has 1 rings (SSSR count). The van der Waals surface area contributed by atoms with E-state index in [1.807, 2.05) is 24.3 Å². The Kier molecular flexibility index (Phi) is 4.81. The highest BCUT2D eigenvalue weighted by atomic mass is 31.1. The van der Waals surface area contributed by atoms with E-state index in [2.05, 4.69) is 13.8 Å². The van der Waals surface area contributed by atoms with Crippen molar-refractivity contribution in [2.45, 2.75) is 20.3 Å². The lowest BCUT2D eigenvalue weighted by molar-refractivity contribution is 0.329. The molecule has 1 atom stereocenters. The van der Waals surface area contributed by atoms with Gasteiger partial charge >= 0.3 is 0 Å². The Bertz CT molecular complexity index is 233. The van der Waals surface area contributed by atoms with Gasteiger partial charge in [0.05, 0.1) is 6.61 Å². The second-order valence-corrected chi connectivity index (χ2v) is 3.51. The molecule has 72 valence electrons. The van der Waals surface area contributed by atoms with Crippen LogP contribution in [0.1, 0.15) is 18.9 Å². The van der Waals surface area contributed by atoms with Crippen LogP contribution in [0.25, 0.3) is 0 Å². The predicted octanol–water partition coefficient (Wildman–Crippen LogP) is 3.31. The Morgan fingerprint density at radius 2 is 1.92 bits per heavy atom. The summed E-state index contributed by atoms with van der Waals surface area (Å²) in [4.78, 5) is 0. The Hall–Kier alpha value is -0.590. The molecule has 0 spiro atoms. The van der Waals surface area contributed by atoms with Gasteiger partial charge in [-0.25, -0.2) is 0 Å². The van der Waals surface area contributed by atoms with Gasteiger partial charge in [-0.2, -0.15) is 0 Å². The highest BCUT2D eigenvalue weighted by Gasteiger charge is 1.92. The molecule has 2 nitrogen and oxygen atoms in total. The average Bonchev–Trinajstić information content (AvgIpc) is 2.15. The quantitative estimate of drug-likeness (QED) is 0.533. The molecule has 0 amide bonds. The van der Waals surface area contributed by atoms with Crippen LogP contribution in [0, 0.1) is 6.92 Å². The molecule has 0 saturated heterocycles. The van der Waals surface area contributed by atoms with Gasteiger partial charge in [-0.1, -0.05) is 24.6 Å². The van der Waals surface area contributed by atoms with Crippen molar-refractivity contribution in [2.75, 3.05) is 6.61 Å². The van der Waals surface area contributed by atoms with Crippen molar-refractivity contribution in [2.24, 2.45) is 0 Å². The summed E-state index contributed by atoms with van der Waals surface area (Å²) < 4.78 is 10.6. The summed E-state index contributed by atoms with van der Waals surface area (Å²) in [5.41, 5.74) is 1.24. The van der Waals surface area contributed by atoms with Crippen LogP contribution in [0.4, 0.5) is 0 Å². The van der Waals surface area contributed by atoms with Gasteiger partial charge in [-0.05, 0) is 25.5 Å². The SMILES string of the molecule is CCCOPOc1ccc(C)cc1. The molecule has 0 saturated carbocycles. The van der Waals surface area contributed by atoms with E-state index in [0.717, 1.165) is 18.8 Å². The van der Waals surface area contributed by atoms with E-state index < -0.39 is 0 Å². The van der Waals surface area contributed by atoms with Crippen LogP contribution >= 0.6 is 9.03 Å². The Balaban J connectivity index is 2.25. The summed E-state index contributed by atoms with van der Waals surface area (Å²) >= 11 is 0. The maximum absolute atomic E-state index is 5.37. The Labute approximate surface area is 81.2 Å². The van der Waals surface area contributed by atoms with Gasteiger partial charge in [0.2, 0.25) is 9.03 Å². The summed E-state index contributed by atoms with van der Waals surface area (Å²) in [6.07, 6.45) is 1.03. The first-order chi connectivity index (χ1) is 6.33. The maximum Gasteiger partial charge on any atom is 0.215 e. The van der Waals surface area contributed by atoms with Crippen LogP contribution in [0.2, 0.25) is 0 Å². The summed E-state index contributed by atoms with van der Waals surface area (Å²) in [7, 11) is 0.113. The van der Waals surface area contributed by atoms with Crippen molar-refractivity contribution < 1.29 is 9.05 Å². The van der Waals surface area contributed by atoms with Gasteiger partial charge in [0.15, 0.2) is 0 Å². The molecule has 0 bridgehead atoms. The third kappa shape index (κ3) is 4.25. The van der Waals surface area contributed by atoms with Crippen molar-refractivity contribution in [3.63, 3.8) is 0 Å². The van der Waals surface area contributed by atoms with Gasteiger partial charge in [0.25, 0.3) is 0 Å². The lowest BCUT2D eigenvalue weighted by atomic mass is 10.2. The monoisotopic (exact) mass is 198 g/mol. The molecule has 0 aliphatic rings. The van der Waals surface area contributed by atoms with Crippen molar-refractivity contribution >= 4 is 9.03 Å². The summed E-state index contributed by atoms with van der Waals surface area (Å²) in [5, 5.41) is 0. The van der Waals surface area contributed by atoms with Crippen LogP contribution in [0.15, 0.2) is 24.3 Å². The van der Waals surface area contributed by atoms with Crippen LogP contribution in [-0.4, -0.2) is 6.61 Å². The minimum atomic E-state index is 0.113. The number of benzene rings is 1. The number of hydrogen-bond donors (Lipinski definition) is 0. The number of aryl methyl sites for hydroxylation is 1. The molecule has 3 heteroatoms. The molecule has 0 aliphatic carbocycles. The molecule has 0 aliphatic heterocycles. The molecule has 1 aromatic rings. The van der Waals surface area contributed by atoms with E-state index in [4.69, 9.17) is 9.05 Å². The highest BCUT2D eigenvalue weighted by molar-refractivity contribution is 7.26. The Morgan fingerprint density at radius 3 is 2.54 bits per heavy atom. The van der Waals surface area contributed by atoms with E-state index in [1.165, 1.54) is 5.56 Å². The fourth-order valence-corrected chi connectivity index (χ4v) is 1.41. The minimum absolute atomic E-state index is 0.113. The second kappa shape index (κ2) is 5.95. The summed E-state index contributed by atoms with van der Waals surface area (Å²) in [6.45, 7) is 4.90. The van der Waals surface area contributed by atoms with Crippen molar-refractivity contribution in [3.8, 4) is 5.75 Å². The van der Waals surface area contributed by atoms with Crippen molar-refractivity contribution in [3.05, 3.63) is 29.8 Å². The van der Waals surface area contributed by atoms with E-state index in [-0.39, 0.29) is 9.03 Å². The molecule has 0 radical (unpaired) electrons. The number of rotatable bonds is 5. The fourth-order valence-electron chi connectivity index (χ4n) is 0.828. The van der Waals surface area contributed by atoms with E-state index >= 15 is 0 Å². The number of hydrogen-bond acceptors (Lipinski definition) is 2. The zero-order chi connectivity index (χ0) is 9.52. The molecular weight excluding hydrogens is 183 g/mol. The lowest BCUT2D eigenvalue weighted by Crippen LogP contribution is -1.85. The first-order valence-electron chi connectivity index (χ1n) is 4.43. The smallest absolute Gasteiger partial charge is 0.215 e. The van der Waals surface area contributed by atoms with Gasteiger partial charge in [0, 0.05) is 0 Å². The molecule has 0 fully saturated rings. The average molecular weight is 198 g/mol. The summed E-state index contributed by atoms with van der Waals surface area (Å²) in [6, 6.07) is 7.97. The first kappa shape index (κ1) is 10.5. The van der Waals surface area contributed by atoms with Crippen LogP contribution in [0.3, 0.4) is 0 Å². The van der Waals surface area contributed by atoms with Gasteiger partial charge in [0.1, 0.15) is 5.75 Å². The lowest BCUT2D eigenvalue weighted by Gasteiger charge is -2.04. The van der Waals surface area contributed by atoms with Gasteiger partial charge < -0.3 is 9.05 Å². The summed E-state index contributed by atoms with van der Waals surface area (Å²) in [5.74, 6) is 0.875. The standard InChI is InChI=1S/C10H15O2P/c1-3-8-11-13-12-10-6-4-9(2)5-7-10/h4-7,13H,3,8H2,1-2H3. The molecule has 0 N–H and O–H groups in total. The molecule has 1 aromatic carbocycles. The van der Waals surface area contributed by atoms with Crippen molar-refractivity contribution in [1.29, 1.82) is 0 Å². The maximum atomic E-state index is 5.37.